The quantitative estimate of drug-likeness (QED) is 0.806. The molecule has 1 fully saturated rings. The molecular weight excluding hydrogens is 260 g/mol. The molecule has 1 aliphatic rings. The second-order valence-electron chi connectivity index (χ2n) is 5.05. The Hall–Kier alpha value is -1.63. The number of hydrogen-bond donors (Lipinski definition) is 1. The molecule has 1 aromatic rings. The second kappa shape index (κ2) is 6.21. The van der Waals surface area contributed by atoms with Gasteiger partial charge in [-0.25, -0.2) is 9.63 Å². The minimum absolute atomic E-state index is 0.296. The Labute approximate surface area is 118 Å². The van der Waals surface area contributed by atoms with E-state index in [9.17, 15) is 4.79 Å². The Morgan fingerprint density at radius 2 is 1.90 bits per heavy atom. The van der Waals surface area contributed by atoms with Gasteiger partial charge in [-0.15, -0.1) is 0 Å². The van der Waals surface area contributed by atoms with Crippen molar-refractivity contribution in [3.63, 3.8) is 0 Å². The molecule has 0 aromatic heterocycles. The highest BCUT2D eigenvalue weighted by atomic mass is 16.8. The van der Waals surface area contributed by atoms with E-state index in [1.165, 1.54) is 5.06 Å². The van der Waals surface area contributed by atoms with E-state index in [4.69, 9.17) is 14.3 Å². The van der Waals surface area contributed by atoms with Crippen molar-refractivity contribution >= 4 is 6.03 Å². The van der Waals surface area contributed by atoms with Crippen LogP contribution in [0.1, 0.15) is 18.7 Å². The van der Waals surface area contributed by atoms with Gasteiger partial charge in [0.2, 0.25) is 6.23 Å². The molecule has 110 valence electrons. The number of benzene rings is 1. The third-order valence-corrected chi connectivity index (χ3v) is 3.00. The zero-order valence-corrected chi connectivity index (χ0v) is 12.0. The lowest BCUT2D eigenvalue weighted by molar-refractivity contribution is 0.0524. The van der Waals surface area contributed by atoms with Crippen molar-refractivity contribution in [3.8, 4) is 0 Å². The maximum atomic E-state index is 12.1. The molecule has 6 heteroatoms. The number of nitrogens with one attached hydrogen (secondary N) is 1. The van der Waals surface area contributed by atoms with Gasteiger partial charge in [0.25, 0.3) is 0 Å². The lowest BCUT2D eigenvalue weighted by atomic mass is 10.1. The minimum atomic E-state index is -0.590. The Kier molecular flexibility index (Phi) is 4.59. The molecule has 1 heterocycles. The average Bonchev–Trinajstić information content (AvgIpc) is 3.20. The lowest BCUT2D eigenvalue weighted by Crippen LogP contribution is -2.53. The summed E-state index contributed by atoms with van der Waals surface area (Å²) in [7, 11) is 3.17. The van der Waals surface area contributed by atoms with Crippen LogP contribution in [0, 0.1) is 0 Å². The Morgan fingerprint density at radius 3 is 2.45 bits per heavy atom. The van der Waals surface area contributed by atoms with E-state index in [1.807, 2.05) is 37.3 Å². The smallest absolute Gasteiger partial charge is 0.344 e. The van der Waals surface area contributed by atoms with E-state index in [2.05, 4.69) is 5.32 Å². The summed E-state index contributed by atoms with van der Waals surface area (Å²) in [5, 5.41) is 4.17. The van der Waals surface area contributed by atoms with Gasteiger partial charge in [-0.2, -0.15) is 5.06 Å². The van der Waals surface area contributed by atoms with E-state index >= 15 is 0 Å². The number of hydroxylamine groups is 2. The summed E-state index contributed by atoms with van der Waals surface area (Å²) < 4.78 is 10.2. The molecule has 0 saturated carbocycles. The van der Waals surface area contributed by atoms with Crippen LogP contribution in [0.5, 0.6) is 0 Å². The molecule has 1 N–H and O–H groups in total. The molecule has 1 unspecified atom stereocenters. The molecule has 20 heavy (non-hydrogen) atoms. The van der Waals surface area contributed by atoms with Crippen LogP contribution in [-0.4, -0.2) is 44.1 Å². The van der Waals surface area contributed by atoms with Crippen molar-refractivity contribution in [1.29, 1.82) is 0 Å². The van der Waals surface area contributed by atoms with Crippen molar-refractivity contribution in [2.75, 3.05) is 27.4 Å². The van der Waals surface area contributed by atoms with Gasteiger partial charge in [0.1, 0.15) is 0 Å². The fourth-order valence-electron chi connectivity index (χ4n) is 2.11. The van der Waals surface area contributed by atoms with Crippen LogP contribution in [0.15, 0.2) is 30.3 Å². The van der Waals surface area contributed by atoms with Crippen molar-refractivity contribution in [2.24, 2.45) is 0 Å². The van der Waals surface area contributed by atoms with Crippen LogP contribution in [0.2, 0.25) is 0 Å². The number of hydrogen-bond acceptors (Lipinski definition) is 4. The summed E-state index contributed by atoms with van der Waals surface area (Å²) in [6.07, 6.45) is -0.314. The average molecular weight is 280 g/mol. The minimum Gasteiger partial charge on any atom is -0.382 e. The van der Waals surface area contributed by atoms with Gasteiger partial charge in [-0.1, -0.05) is 30.3 Å². The predicted molar refractivity (Wildman–Crippen MR) is 72.8 cm³/mol. The van der Waals surface area contributed by atoms with Crippen molar-refractivity contribution in [3.05, 3.63) is 35.9 Å². The SMILES string of the molecule is COCC(C)(COC)NC(=O)N1OC1c1ccccc1. The number of urea groups is 1. The molecule has 2 amide bonds. The first-order valence-corrected chi connectivity index (χ1v) is 6.40. The van der Waals surface area contributed by atoms with E-state index in [0.717, 1.165) is 5.56 Å². The number of amides is 2. The van der Waals surface area contributed by atoms with Gasteiger partial charge >= 0.3 is 6.03 Å². The maximum Gasteiger partial charge on any atom is 0.344 e. The normalized spacial score (nSPS) is 17.9. The molecule has 0 spiro atoms. The lowest BCUT2D eigenvalue weighted by Gasteiger charge is -2.28. The fraction of sp³-hybridized carbons (Fsp3) is 0.500. The number of carbonyl (C=O) groups excluding carboxylic acids is 1. The van der Waals surface area contributed by atoms with E-state index in [-0.39, 0.29) is 12.3 Å². The summed E-state index contributed by atoms with van der Waals surface area (Å²) in [4.78, 5) is 17.4. The van der Waals surface area contributed by atoms with Crippen molar-refractivity contribution in [2.45, 2.75) is 18.7 Å². The molecule has 1 atom stereocenters. The number of nitrogens with zero attached hydrogens (tertiary/aromatic N) is 1. The largest absolute Gasteiger partial charge is 0.382 e. The third kappa shape index (κ3) is 3.47. The topological polar surface area (TPSA) is 63.1 Å². The fourth-order valence-corrected chi connectivity index (χ4v) is 2.11. The van der Waals surface area contributed by atoms with Crippen LogP contribution in [0.4, 0.5) is 4.79 Å². The summed E-state index contributed by atoms with van der Waals surface area (Å²) >= 11 is 0. The zero-order valence-electron chi connectivity index (χ0n) is 12.0. The van der Waals surface area contributed by atoms with Crippen LogP contribution in [0.3, 0.4) is 0 Å². The Bertz CT molecular complexity index is 446. The molecular formula is C14H20N2O4. The Morgan fingerprint density at radius 1 is 1.30 bits per heavy atom. The zero-order chi connectivity index (χ0) is 14.6. The molecule has 1 saturated heterocycles. The van der Waals surface area contributed by atoms with Crippen LogP contribution < -0.4 is 5.32 Å². The predicted octanol–water partition coefficient (Wildman–Crippen LogP) is 1.69. The molecule has 1 aliphatic heterocycles. The molecule has 6 nitrogen and oxygen atoms in total. The van der Waals surface area contributed by atoms with E-state index < -0.39 is 5.54 Å². The highest BCUT2D eigenvalue weighted by Gasteiger charge is 2.44. The van der Waals surface area contributed by atoms with Gasteiger partial charge < -0.3 is 14.8 Å². The molecule has 1 aromatic carbocycles. The molecule has 0 aliphatic carbocycles. The van der Waals surface area contributed by atoms with Gasteiger partial charge in [0.05, 0.1) is 18.8 Å². The Balaban J connectivity index is 1.93. The van der Waals surface area contributed by atoms with Crippen LogP contribution in [-0.2, 0) is 14.3 Å². The number of rotatable bonds is 6. The maximum absolute atomic E-state index is 12.1. The summed E-state index contributed by atoms with van der Waals surface area (Å²) in [6, 6.07) is 9.28. The first-order chi connectivity index (χ1) is 9.59. The van der Waals surface area contributed by atoms with Crippen LogP contribution >= 0.6 is 0 Å². The first-order valence-electron chi connectivity index (χ1n) is 6.40. The standard InChI is InChI=1S/C14H20N2O4/c1-14(9-18-2,10-19-3)15-13(17)16-12(20-16)11-7-5-4-6-8-11/h4-8,12H,9-10H2,1-3H3,(H,15,17). The number of carbonyl (C=O) groups is 1. The number of methoxy groups -OCH3 is 2. The van der Waals surface area contributed by atoms with Crippen molar-refractivity contribution in [1.82, 2.24) is 10.4 Å². The second-order valence-corrected chi connectivity index (χ2v) is 5.05. The van der Waals surface area contributed by atoms with Gasteiger partial charge in [0.15, 0.2) is 0 Å². The molecule has 2 rings (SSSR count). The first kappa shape index (κ1) is 14.8. The third-order valence-electron chi connectivity index (χ3n) is 3.00. The highest BCUT2D eigenvalue weighted by Crippen LogP contribution is 2.36. The summed E-state index contributed by atoms with van der Waals surface area (Å²) in [6.45, 7) is 2.58. The molecule has 0 radical (unpaired) electrons. The van der Waals surface area contributed by atoms with Gasteiger partial charge in [0, 0.05) is 19.8 Å². The van der Waals surface area contributed by atoms with E-state index in [0.29, 0.717) is 13.2 Å². The highest BCUT2D eigenvalue weighted by molar-refractivity contribution is 5.75. The summed E-state index contributed by atoms with van der Waals surface area (Å²) in [5.74, 6) is 0. The van der Waals surface area contributed by atoms with Crippen LogP contribution in [0.25, 0.3) is 0 Å². The van der Waals surface area contributed by atoms with Crippen molar-refractivity contribution < 1.29 is 19.1 Å². The summed E-state index contributed by atoms with van der Waals surface area (Å²) in [5.41, 5.74) is 0.358. The monoisotopic (exact) mass is 280 g/mol. The van der Waals surface area contributed by atoms with Gasteiger partial charge in [-0.3, -0.25) is 0 Å². The molecule has 0 bridgehead atoms. The van der Waals surface area contributed by atoms with Gasteiger partial charge in [-0.05, 0) is 6.92 Å². The number of ether oxygens (including phenoxy) is 2. The van der Waals surface area contributed by atoms with E-state index in [1.54, 1.807) is 14.2 Å².